The zero-order valence-electron chi connectivity index (χ0n) is 10.3. The Morgan fingerprint density at radius 2 is 1.89 bits per heavy atom. The predicted octanol–water partition coefficient (Wildman–Crippen LogP) is -0.328. The molecule has 0 spiro atoms. The lowest BCUT2D eigenvalue weighted by Gasteiger charge is -2.12. The van der Waals surface area contributed by atoms with Crippen LogP contribution in [0.25, 0.3) is 0 Å². The minimum Gasteiger partial charge on any atom is -0.355 e. The quantitative estimate of drug-likeness (QED) is 0.682. The van der Waals surface area contributed by atoms with E-state index < -0.39 is 10.0 Å². The summed E-state index contributed by atoms with van der Waals surface area (Å²) < 4.78 is 26.2. The average Bonchev–Trinajstić information content (AvgIpc) is 2.37. The summed E-state index contributed by atoms with van der Waals surface area (Å²) in [5.74, 6) is -0.262. The van der Waals surface area contributed by atoms with Crippen LogP contribution in [0.2, 0.25) is 0 Å². The number of benzene rings is 1. The van der Waals surface area contributed by atoms with Crippen LogP contribution in [0.4, 0.5) is 0 Å². The van der Waals surface area contributed by atoms with Crippen molar-refractivity contribution in [2.24, 2.45) is 5.73 Å². The number of rotatable bonds is 5. The number of nitrogens with one attached hydrogen (secondary N) is 2. The fourth-order valence-electron chi connectivity index (χ4n) is 1.31. The van der Waals surface area contributed by atoms with Crippen LogP contribution >= 0.6 is 0 Å². The molecule has 0 aromatic heterocycles. The van der Waals surface area contributed by atoms with Crippen LogP contribution in [-0.4, -0.2) is 34.0 Å². The molecular formula is C11H17N3O3S. The van der Waals surface area contributed by atoms with Gasteiger partial charge in [0, 0.05) is 25.2 Å². The third-order valence-electron chi connectivity index (χ3n) is 2.36. The van der Waals surface area contributed by atoms with Gasteiger partial charge in [0.2, 0.25) is 10.0 Å². The minimum absolute atomic E-state index is 0.107. The van der Waals surface area contributed by atoms with Gasteiger partial charge in [-0.1, -0.05) is 0 Å². The van der Waals surface area contributed by atoms with Crippen molar-refractivity contribution in [2.45, 2.75) is 17.9 Å². The van der Waals surface area contributed by atoms with E-state index in [2.05, 4.69) is 10.0 Å². The molecule has 7 heteroatoms. The summed E-state index contributed by atoms with van der Waals surface area (Å²) in [6.45, 7) is 1.89. The maximum Gasteiger partial charge on any atom is 0.251 e. The third kappa shape index (κ3) is 3.52. The van der Waals surface area contributed by atoms with Gasteiger partial charge in [0.05, 0.1) is 4.90 Å². The number of carbonyl (C=O) groups excluding carboxylic acids is 1. The lowest BCUT2D eigenvalue weighted by atomic mass is 10.2. The highest BCUT2D eigenvalue weighted by molar-refractivity contribution is 7.89. The zero-order chi connectivity index (χ0) is 13.8. The molecular weight excluding hydrogens is 254 g/mol. The van der Waals surface area contributed by atoms with Crippen molar-refractivity contribution in [1.82, 2.24) is 10.0 Å². The van der Waals surface area contributed by atoms with E-state index in [1.165, 1.54) is 31.3 Å². The number of hydrogen-bond donors (Lipinski definition) is 3. The smallest absolute Gasteiger partial charge is 0.251 e. The SMILES string of the molecule is CNC(=O)c1ccc(S(=O)(=O)N[C@H](C)CN)cc1. The Bertz CT molecular complexity index is 511. The summed E-state index contributed by atoms with van der Waals surface area (Å²) in [5.41, 5.74) is 5.77. The number of sulfonamides is 1. The lowest BCUT2D eigenvalue weighted by molar-refractivity contribution is 0.0963. The highest BCUT2D eigenvalue weighted by Crippen LogP contribution is 2.11. The summed E-state index contributed by atoms with van der Waals surface area (Å²) in [7, 11) is -2.07. The van der Waals surface area contributed by atoms with Gasteiger partial charge in [0.1, 0.15) is 0 Å². The van der Waals surface area contributed by atoms with E-state index in [4.69, 9.17) is 5.73 Å². The number of carbonyl (C=O) groups is 1. The normalized spacial score (nSPS) is 13.1. The molecule has 100 valence electrons. The minimum atomic E-state index is -3.58. The molecule has 0 radical (unpaired) electrons. The van der Waals surface area contributed by atoms with Gasteiger partial charge >= 0.3 is 0 Å². The molecule has 1 amide bonds. The van der Waals surface area contributed by atoms with E-state index in [1.807, 2.05) is 0 Å². The Balaban J connectivity index is 2.94. The molecule has 0 bridgehead atoms. The Labute approximate surface area is 107 Å². The molecule has 1 rings (SSSR count). The molecule has 0 saturated carbocycles. The van der Waals surface area contributed by atoms with Crippen molar-refractivity contribution in [1.29, 1.82) is 0 Å². The fraction of sp³-hybridized carbons (Fsp3) is 0.364. The predicted molar refractivity (Wildman–Crippen MR) is 68.7 cm³/mol. The molecule has 4 N–H and O–H groups in total. The molecule has 1 atom stereocenters. The van der Waals surface area contributed by atoms with Crippen LogP contribution in [0.3, 0.4) is 0 Å². The molecule has 18 heavy (non-hydrogen) atoms. The van der Waals surface area contributed by atoms with E-state index in [9.17, 15) is 13.2 Å². The van der Waals surface area contributed by atoms with E-state index in [0.717, 1.165) is 0 Å². The van der Waals surface area contributed by atoms with E-state index >= 15 is 0 Å². The summed E-state index contributed by atoms with van der Waals surface area (Å²) in [6, 6.07) is 5.35. The second kappa shape index (κ2) is 5.94. The first-order valence-corrected chi connectivity index (χ1v) is 6.93. The molecule has 0 aliphatic heterocycles. The van der Waals surface area contributed by atoms with Gasteiger partial charge in [-0.05, 0) is 31.2 Å². The van der Waals surface area contributed by atoms with Gasteiger partial charge in [0.15, 0.2) is 0 Å². The van der Waals surface area contributed by atoms with Gasteiger partial charge in [-0.15, -0.1) is 0 Å². The van der Waals surface area contributed by atoms with Crippen molar-refractivity contribution in [3.05, 3.63) is 29.8 Å². The van der Waals surface area contributed by atoms with E-state index in [-0.39, 0.29) is 23.4 Å². The van der Waals surface area contributed by atoms with Gasteiger partial charge in [0.25, 0.3) is 5.91 Å². The lowest BCUT2D eigenvalue weighted by Crippen LogP contribution is -2.37. The summed E-state index contributed by atoms with van der Waals surface area (Å²) in [4.78, 5) is 11.4. The maximum atomic E-state index is 11.9. The first kappa shape index (κ1) is 14.6. The van der Waals surface area contributed by atoms with Crippen LogP contribution in [0, 0.1) is 0 Å². The Hall–Kier alpha value is -1.44. The fourth-order valence-corrected chi connectivity index (χ4v) is 2.57. The molecule has 1 aromatic rings. The van der Waals surface area contributed by atoms with Crippen molar-refractivity contribution in [3.8, 4) is 0 Å². The standard InChI is InChI=1S/C11H17N3O3S/c1-8(7-12)14-18(16,17)10-5-3-9(4-6-10)11(15)13-2/h3-6,8,14H,7,12H2,1-2H3,(H,13,15)/t8-/m1/s1. The average molecular weight is 271 g/mol. The van der Waals surface area contributed by atoms with E-state index in [0.29, 0.717) is 5.56 Å². The summed E-state index contributed by atoms with van der Waals surface area (Å²) in [6.07, 6.45) is 0. The topological polar surface area (TPSA) is 101 Å². The van der Waals surface area contributed by atoms with Crippen molar-refractivity contribution < 1.29 is 13.2 Å². The summed E-state index contributed by atoms with van der Waals surface area (Å²) >= 11 is 0. The third-order valence-corrected chi connectivity index (χ3v) is 3.97. The van der Waals surface area contributed by atoms with Gasteiger partial charge in [-0.2, -0.15) is 0 Å². The van der Waals surface area contributed by atoms with Gasteiger partial charge < -0.3 is 11.1 Å². The van der Waals surface area contributed by atoms with Crippen LogP contribution < -0.4 is 15.8 Å². The van der Waals surface area contributed by atoms with Crippen LogP contribution in [0.15, 0.2) is 29.2 Å². The highest BCUT2D eigenvalue weighted by atomic mass is 32.2. The van der Waals surface area contributed by atoms with Crippen LogP contribution in [0.5, 0.6) is 0 Å². The van der Waals surface area contributed by atoms with Crippen LogP contribution in [0.1, 0.15) is 17.3 Å². The van der Waals surface area contributed by atoms with Crippen LogP contribution in [-0.2, 0) is 10.0 Å². The monoisotopic (exact) mass is 271 g/mol. The Morgan fingerprint density at radius 1 is 1.33 bits per heavy atom. The molecule has 0 fully saturated rings. The van der Waals surface area contributed by atoms with Gasteiger partial charge in [-0.3, -0.25) is 4.79 Å². The Morgan fingerprint density at radius 3 is 2.33 bits per heavy atom. The molecule has 0 heterocycles. The zero-order valence-corrected chi connectivity index (χ0v) is 11.1. The first-order chi connectivity index (χ1) is 8.40. The number of nitrogens with two attached hydrogens (primary N) is 1. The largest absolute Gasteiger partial charge is 0.355 e. The number of amides is 1. The van der Waals surface area contributed by atoms with E-state index in [1.54, 1.807) is 6.92 Å². The summed E-state index contributed by atoms with van der Waals surface area (Å²) in [5, 5.41) is 2.46. The molecule has 1 aromatic carbocycles. The first-order valence-electron chi connectivity index (χ1n) is 5.45. The number of hydrogen-bond acceptors (Lipinski definition) is 4. The molecule has 0 unspecified atom stereocenters. The highest BCUT2D eigenvalue weighted by Gasteiger charge is 2.16. The molecule has 6 nitrogen and oxygen atoms in total. The molecule has 0 aliphatic carbocycles. The second-order valence-electron chi connectivity index (χ2n) is 3.86. The molecule has 0 saturated heterocycles. The second-order valence-corrected chi connectivity index (χ2v) is 5.58. The van der Waals surface area contributed by atoms with Crippen molar-refractivity contribution in [3.63, 3.8) is 0 Å². The van der Waals surface area contributed by atoms with Gasteiger partial charge in [-0.25, -0.2) is 13.1 Å². The Kier molecular flexibility index (Phi) is 4.83. The van der Waals surface area contributed by atoms with Crippen molar-refractivity contribution >= 4 is 15.9 Å². The van der Waals surface area contributed by atoms with Crippen molar-refractivity contribution in [2.75, 3.05) is 13.6 Å². The maximum absolute atomic E-state index is 11.9. The molecule has 0 aliphatic rings.